The minimum absolute atomic E-state index is 0.0561. The van der Waals surface area contributed by atoms with Crippen LogP contribution in [0.5, 0.6) is 0 Å². The molecule has 0 saturated heterocycles. The molecule has 0 aliphatic heterocycles. The van der Waals surface area contributed by atoms with E-state index in [-0.39, 0.29) is 11.9 Å². The largest absolute Gasteiger partial charge is 0.407 e. The van der Waals surface area contributed by atoms with Crippen molar-refractivity contribution >= 4 is 27.9 Å². The Morgan fingerprint density at radius 3 is 2.52 bits per heavy atom. The average Bonchev–Trinajstić information content (AvgIpc) is 3.04. The van der Waals surface area contributed by atoms with E-state index in [1.165, 1.54) is 0 Å². The summed E-state index contributed by atoms with van der Waals surface area (Å²) < 4.78 is 6.47. The summed E-state index contributed by atoms with van der Waals surface area (Å²) in [5, 5.41) is 10.4. The second-order valence-electron chi connectivity index (χ2n) is 5.59. The van der Waals surface area contributed by atoms with Gasteiger partial charge in [-0.25, -0.2) is 0 Å². The van der Waals surface area contributed by atoms with Gasteiger partial charge in [-0.05, 0) is 29.7 Å². The monoisotopic (exact) mass is 400 g/mol. The molecule has 0 aliphatic carbocycles. The van der Waals surface area contributed by atoms with E-state index in [1.54, 1.807) is 0 Å². The molecule has 2 aromatic carbocycles. The van der Waals surface area contributed by atoms with E-state index in [4.69, 9.17) is 10.2 Å². The molecule has 0 bridgehead atoms. The number of hydrogen-bond donors (Lipinski definition) is 2. The summed E-state index contributed by atoms with van der Waals surface area (Å²) in [5.41, 5.74) is 7.96. The SMILES string of the molecule is NC(Cc1ccccc1)C(=O)Nc1nnc(Cc2ccc(Br)cc2)o1. The fourth-order valence-electron chi connectivity index (χ4n) is 2.31. The third-order valence-corrected chi connectivity index (χ3v) is 4.13. The van der Waals surface area contributed by atoms with Gasteiger partial charge in [-0.1, -0.05) is 63.5 Å². The Hall–Kier alpha value is -2.51. The molecular weight excluding hydrogens is 384 g/mol. The van der Waals surface area contributed by atoms with Crippen LogP contribution in [0.25, 0.3) is 0 Å². The Labute approximate surface area is 153 Å². The first-order valence-corrected chi connectivity index (χ1v) is 8.56. The zero-order valence-electron chi connectivity index (χ0n) is 13.4. The van der Waals surface area contributed by atoms with Crippen LogP contribution in [0.4, 0.5) is 6.01 Å². The highest BCUT2D eigenvalue weighted by atomic mass is 79.9. The molecule has 25 heavy (non-hydrogen) atoms. The maximum absolute atomic E-state index is 12.2. The van der Waals surface area contributed by atoms with Gasteiger partial charge in [-0.15, -0.1) is 5.10 Å². The van der Waals surface area contributed by atoms with E-state index in [0.717, 1.165) is 15.6 Å². The van der Waals surface area contributed by atoms with Gasteiger partial charge in [0.15, 0.2) is 0 Å². The second kappa shape index (κ2) is 8.04. The summed E-state index contributed by atoms with van der Waals surface area (Å²) in [5.74, 6) is 0.0666. The van der Waals surface area contributed by atoms with Gasteiger partial charge in [0, 0.05) is 4.47 Å². The van der Waals surface area contributed by atoms with Gasteiger partial charge in [0.2, 0.25) is 11.8 Å². The quantitative estimate of drug-likeness (QED) is 0.663. The molecule has 7 heteroatoms. The van der Waals surface area contributed by atoms with Crippen LogP contribution in [-0.2, 0) is 17.6 Å². The number of carbonyl (C=O) groups excluding carboxylic acids is 1. The zero-order valence-corrected chi connectivity index (χ0v) is 14.9. The average molecular weight is 401 g/mol. The number of rotatable bonds is 6. The highest BCUT2D eigenvalue weighted by Gasteiger charge is 2.17. The van der Waals surface area contributed by atoms with Crippen molar-refractivity contribution in [3.63, 3.8) is 0 Å². The van der Waals surface area contributed by atoms with Gasteiger partial charge in [0.25, 0.3) is 0 Å². The van der Waals surface area contributed by atoms with E-state index >= 15 is 0 Å². The maximum Gasteiger partial charge on any atom is 0.322 e. The fraction of sp³-hybridized carbons (Fsp3) is 0.167. The van der Waals surface area contributed by atoms with Gasteiger partial charge in [0.05, 0.1) is 12.5 Å². The lowest BCUT2D eigenvalue weighted by Crippen LogP contribution is -2.37. The third-order valence-electron chi connectivity index (χ3n) is 3.60. The summed E-state index contributed by atoms with van der Waals surface area (Å²) in [6.07, 6.45) is 0.929. The molecular formula is C18H17BrN4O2. The molecule has 1 aromatic heterocycles. The van der Waals surface area contributed by atoms with E-state index in [9.17, 15) is 4.79 Å². The molecule has 3 rings (SSSR count). The normalized spacial score (nSPS) is 11.9. The van der Waals surface area contributed by atoms with Gasteiger partial charge < -0.3 is 10.2 Å². The van der Waals surface area contributed by atoms with Crippen molar-refractivity contribution in [2.45, 2.75) is 18.9 Å². The Morgan fingerprint density at radius 1 is 1.08 bits per heavy atom. The first kappa shape index (κ1) is 17.3. The zero-order chi connectivity index (χ0) is 17.6. The molecule has 1 unspecified atom stereocenters. The molecule has 3 N–H and O–H groups in total. The molecule has 0 saturated carbocycles. The van der Waals surface area contributed by atoms with E-state index < -0.39 is 6.04 Å². The summed E-state index contributed by atoms with van der Waals surface area (Å²) in [6.45, 7) is 0. The first-order valence-electron chi connectivity index (χ1n) is 7.77. The number of amides is 1. The number of nitrogens with zero attached hydrogens (tertiary/aromatic N) is 2. The van der Waals surface area contributed by atoms with Crippen molar-refractivity contribution < 1.29 is 9.21 Å². The maximum atomic E-state index is 12.2. The van der Waals surface area contributed by atoms with Crippen LogP contribution >= 0.6 is 15.9 Å². The molecule has 0 fully saturated rings. The van der Waals surface area contributed by atoms with Crippen molar-refractivity contribution in [2.75, 3.05) is 5.32 Å². The Kier molecular flexibility index (Phi) is 5.57. The predicted octanol–water partition coefficient (Wildman–Crippen LogP) is 2.93. The molecule has 0 aliphatic rings. The molecule has 1 heterocycles. The minimum Gasteiger partial charge on any atom is -0.407 e. The predicted molar refractivity (Wildman–Crippen MR) is 98.0 cm³/mol. The van der Waals surface area contributed by atoms with Crippen molar-refractivity contribution in [2.24, 2.45) is 5.73 Å². The highest BCUT2D eigenvalue weighted by molar-refractivity contribution is 9.10. The fourth-order valence-corrected chi connectivity index (χ4v) is 2.58. The van der Waals surface area contributed by atoms with Crippen LogP contribution < -0.4 is 11.1 Å². The molecule has 1 atom stereocenters. The molecule has 6 nitrogen and oxygen atoms in total. The van der Waals surface area contributed by atoms with Crippen molar-refractivity contribution in [3.8, 4) is 0 Å². The number of nitrogens with two attached hydrogens (primary N) is 1. The van der Waals surface area contributed by atoms with E-state index in [0.29, 0.717) is 18.7 Å². The van der Waals surface area contributed by atoms with Gasteiger partial charge in [-0.3, -0.25) is 10.1 Å². The summed E-state index contributed by atoms with van der Waals surface area (Å²) in [7, 11) is 0. The van der Waals surface area contributed by atoms with Crippen LogP contribution in [0.2, 0.25) is 0 Å². The number of anilines is 1. The molecule has 3 aromatic rings. The lowest BCUT2D eigenvalue weighted by Gasteiger charge is -2.09. The van der Waals surface area contributed by atoms with Gasteiger partial charge in [-0.2, -0.15) is 0 Å². The first-order chi connectivity index (χ1) is 12.1. The highest BCUT2D eigenvalue weighted by Crippen LogP contribution is 2.15. The minimum atomic E-state index is -0.691. The van der Waals surface area contributed by atoms with Crippen LogP contribution in [0.1, 0.15) is 17.0 Å². The molecule has 0 spiro atoms. The number of carbonyl (C=O) groups is 1. The van der Waals surface area contributed by atoms with Crippen molar-refractivity contribution in [1.29, 1.82) is 0 Å². The van der Waals surface area contributed by atoms with Crippen LogP contribution in [0.3, 0.4) is 0 Å². The third kappa shape index (κ3) is 4.98. The summed E-state index contributed by atoms with van der Waals surface area (Å²) in [6, 6.07) is 16.8. The summed E-state index contributed by atoms with van der Waals surface area (Å²) in [4.78, 5) is 12.2. The smallest absolute Gasteiger partial charge is 0.322 e. The Bertz CT molecular complexity index is 834. The van der Waals surface area contributed by atoms with Gasteiger partial charge in [0.1, 0.15) is 0 Å². The molecule has 128 valence electrons. The van der Waals surface area contributed by atoms with Crippen LogP contribution in [0, 0.1) is 0 Å². The molecule has 0 radical (unpaired) electrons. The number of aromatic nitrogens is 2. The number of hydrogen-bond acceptors (Lipinski definition) is 5. The standard InChI is InChI=1S/C18H17BrN4O2/c19-14-8-6-13(7-9-14)11-16-22-23-18(25-16)21-17(24)15(20)10-12-4-2-1-3-5-12/h1-9,15H,10-11,20H2,(H,21,23,24). The number of nitrogens with one attached hydrogen (secondary N) is 1. The van der Waals surface area contributed by atoms with Crippen LogP contribution in [-0.4, -0.2) is 22.1 Å². The Balaban J connectivity index is 1.57. The van der Waals surface area contributed by atoms with Crippen molar-refractivity contribution in [3.05, 3.63) is 76.1 Å². The Morgan fingerprint density at radius 2 is 1.80 bits per heavy atom. The molecule has 1 amide bonds. The van der Waals surface area contributed by atoms with Crippen molar-refractivity contribution in [1.82, 2.24) is 10.2 Å². The van der Waals surface area contributed by atoms with E-state index in [2.05, 4.69) is 31.4 Å². The lowest BCUT2D eigenvalue weighted by atomic mass is 10.1. The number of halogens is 1. The number of benzene rings is 2. The second-order valence-corrected chi connectivity index (χ2v) is 6.51. The van der Waals surface area contributed by atoms with E-state index in [1.807, 2.05) is 54.6 Å². The van der Waals surface area contributed by atoms with Crippen LogP contribution in [0.15, 0.2) is 63.5 Å². The summed E-state index contributed by atoms with van der Waals surface area (Å²) >= 11 is 3.39. The topological polar surface area (TPSA) is 94.0 Å². The van der Waals surface area contributed by atoms with Gasteiger partial charge >= 0.3 is 6.01 Å². The lowest BCUT2D eigenvalue weighted by molar-refractivity contribution is -0.117.